The summed E-state index contributed by atoms with van der Waals surface area (Å²) in [5.74, 6) is 0.0341. The lowest BCUT2D eigenvalue weighted by Crippen LogP contribution is -2.37. The second-order valence-electron chi connectivity index (χ2n) is 5.97. The van der Waals surface area contributed by atoms with Crippen molar-refractivity contribution in [3.63, 3.8) is 0 Å². The Morgan fingerprint density at radius 1 is 1.46 bits per heavy atom. The van der Waals surface area contributed by atoms with Crippen LogP contribution in [0.2, 0.25) is 10.0 Å². The van der Waals surface area contributed by atoms with E-state index in [1.807, 2.05) is 0 Å². The summed E-state index contributed by atoms with van der Waals surface area (Å²) in [5, 5.41) is 17.8. The van der Waals surface area contributed by atoms with Crippen LogP contribution in [0.5, 0.6) is 0 Å². The molecule has 2 N–H and O–H groups in total. The van der Waals surface area contributed by atoms with Gasteiger partial charge in [-0.25, -0.2) is 0 Å². The molecular formula is C16H17Cl2N3O3. The zero-order chi connectivity index (χ0) is 17.4. The van der Waals surface area contributed by atoms with E-state index < -0.39 is 6.10 Å². The summed E-state index contributed by atoms with van der Waals surface area (Å²) in [6.07, 6.45) is -0.218. The largest absolute Gasteiger partial charge is 0.391 e. The van der Waals surface area contributed by atoms with Crippen molar-refractivity contribution in [2.45, 2.75) is 25.5 Å². The van der Waals surface area contributed by atoms with E-state index >= 15 is 0 Å². The monoisotopic (exact) mass is 369 g/mol. The van der Waals surface area contributed by atoms with Crippen molar-refractivity contribution in [2.75, 3.05) is 18.9 Å². The van der Waals surface area contributed by atoms with Gasteiger partial charge in [0.2, 0.25) is 11.8 Å². The molecule has 8 heteroatoms. The molecule has 2 atom stereocenters. The SMILES string of the molecule is Cc1cc(NC(=O)CN(C)[C@@H]2c3cc(Cl)cc(Cl)c3C[C@@H]2O)on1. The summed E-state index contributed by atoms with van der Waals surface area (Å²) < 4.78 is 4.97. The molecule has 1 aromatic heterocycles. The Balaban J connectivity index is 1.74. The van der Waals surface area contributed by atoms with Gasteiger partial charge in [0, 0.05) is 22.5 Å². The zero-order valence-corrected chi connectivity index (χ0v) is 14.7. The molecule has 0 radical (unpaired) electrons. The van der Waals surface area contributed by atoms with Crippen molar-refractivity contribution in [3.8, 4) is 0 Å². The molecule has 0 saturated carbocycles. The molecule has 0 saturated heterocycles. The standard InChI is InChI=1S/C16H17Cl2N3O3/c1-8-3-15(24-20-8)19-14(23)7-21(2)16-11-4-9(17)5-12(18)10(11)6-13(16)22/h3-5,13,16,22H,6-7H2,1-2H3,(H,19,23)/t13-,16+/m0/s1. The number of hydrogen-bond acceptors (Lipinski definition) is 5. The number of aromatic nitrogens is 1. The first-order valence-electron chi connectivity index (χ1n) is 7.44. The summed E-state index contributed by atoms with van der Waals surface area (Å²) in [6.45, 7) is 1.84. The molecule has 128 valence electrons. The van der Waals surface area contributed by atoms with Gasteiger partial charge in [-0.05, 0) is 37.2 Å². The first-order valence-corrected chi connectivity index (χ1v) is 8.20. The number of carbonyl (C=O) groups is 1. The van der Waals surface area contributed by atoms with E-state index in [2.05, 4.69) is 10.5 Å². The van der Waals surface area contributed by atoms with E-state index in [0.717, 1.165) is 11.1 Å². The van der Waals surface area contributed by atoms with Gasteiger partial charge >= 0.3 is 0 Å². The minimum absolute atomic E-state index is 0.0745. The van der Waals surface area contributed by atoms with Crippen molar-refractivity contribution >= 4 is 35.0 Å². The normalized spacial score (nSPS) is 19.6. The number of nitrogens with zero attached hydrogens (tertiary/aromatic N) is 2. The van der Waals surface area contributed by atoms with Gasteiger partial charge in [-0.3, -0.25) is 15.0 Å². The Hall–Kier alpha value is -1.60. The van der Waals surface area contributed by atoms with Gasteiger partial charge in [0.1, 0.15) is 0 Å². The van der Waals surface area contributed by atoms with E-state index in [4.69, 9.17) is 27.7 Å². The van der Waals surface area contributed by atoms with Crippen LogP contribution in [0, 0.1) is 6.92 Å². The van der Waals surface area contributed by atoms with Gasteiger partial charge in [-0.2, -0.15) is 0 Å². The summed E-state index contributed by atoms with van der Waals surface area (Å²) in [6, 6.07) is 4.74. The second kappa shape index (κ2) is 6.72. The number of benzene rings is 1. The lowest BCUT2D eigenvalue weighted by Gasteiger charge is -2.27. The third kappa shape index (κ3) is 3.42. The third-order valence-corrected chi connectivity index (χ3v) is 4.61. The number of halogens is 2. The molecule has 0 bridgehead atoms. The molecular weight excluding hydrogens is 353 g/mol. The molecule has 0 aliphatic heterocycles. The molecule has 3 rings (SSSR count). The van der Waals surface area contributed by atoms with Crippen LogP contribution in [0.3, 0.4) is 0 Å². The van der Waals surface area contributed by atoms with Crippen LogP contribution in [0.1, 0.15) is 22.9 Å². The van der Waals surface area contributed by atoms with Crippen molar-refractivity contribution in [1.82, 2.24) is 10.1 Å². The lowest BCUT2D eigenvalue weighted by molar-refractivity contribution is -0.118. The Morgan fingerprint density at radius 2 is 2.21 bits per heavy atom. The number of nitrogens with one attached hydrogen (secondary N) is 1. The zero-order valence-electron chi connectivity index (χ0n) is 13.2. The fourth-order valence-corrected chi connectivity index (χ4v) is 3.67. The van der Waals surface area contributed by atoms with Crippen LogP contribution >= 0.6 is 23.2 Å². The number of likely N-dealkylation sites (N-methyl/N-ethyl adjacent to an activating group) is 1. The van der Waals surface area contributed by atoms with Crippen molar-refractivity contribution in [3.05, 3.63) is 45.1 Å². The number of aryl methyl sites for hydroxylation is 1. The molecule has 1 aliphatic rings. The Bertz CT molecular complexity index is 778. The number of carbonyl (C=O) groups excluding carboxylic acids is 1. The van der Waals surface area contributed by atoms with Crippen LogP contribution in [-0.4, -0.2) is 40.8 Å². The van der Waals surface area contributed by atoms with Crippen LogP contribution in [0.4, 0.5) is 5.88 Å². The highest BCUT2D eigenvalue weighted by Gasteiger charge is 2.36. The van der Waals surface area contributed by atoms with Crippen LogP contribution in [0.25, 0.3) is 0 Å². The maximum atomic E-state index is 12.2. The highest BCUT2D eigenvalue weighted by Crippen LogP contribution is 2.40. The molecule has 1 aliphatic carbocycles. The maximum Gasteiger partial charge on any atom is 0.240 e. The van der Waals surface area contributed by atoms with E-state index in [-0.39, 0.29) is 18.5 Å². The highest BCUT2D eigenvalue weighted by molar-refractivity contribution is 6.35. The predicted octanol–water partition coefficient (Wildman–Crippen LogP) is 2.82. The summed E-state index contributed by atoms with van der Waals surface area (Å²) in [7, 11) is 1.77. The molecule has 1 aromatic carbocycles. The average molecular weight is 370 g/mol. The van der Waals surface area contributed by atoms with Crippen molar-refractivity contribution < 1.29 is 14.4 Å². The van der Waals surface area contributed by atoms with Crippen LogP contribution < -0.4 is 5.32 Å². The fourth-order valence-electron chi connectivity index (χ4n) is 3.09. The third-order valence-electron chi connectivity index (χ3n) is 4.05. The number of hydrogen-bond donors (Lipinski definition) is 2. The van der Waals surface area contributed by atoms with Gasteiger partial charge in [0.15, 0.2) is 0 Å². The fraction of sp³-hybridized carbons (Fsp3) is 0.375. The molecule has 2 aromatic rings. The molecule has 1 amide bonds. The van der Waals surface area contributed by atoms with Gasteiger partial charge in [0.05, 0.1) is 24.4 Å². The number of aliphatic hydroxyl groups is 1. The molecule has 1 heterocycles. The smallest absolute Gasteiger partial charge is 0.240 e. The van der Waals surface area contributed by atoms with E-state index in [0.29, 0.717) is 28.0 Å². The maximum absolute atomic E-state index is 12.2. The Morgan fingerprint density at radius 3 is 2.88 bits per heavy atom. The molecule has 6 nitrogen and oxygen atoms in total. The average Bonchev–Trinajstić information content (AvgIpc) is 3.01. The van der Waals surface area contributed by atoms with Gasteiger partial charge < -0.3 is 9.63 Å². The topological polar surface area (TPSA) is 78.6 Å². The minimum Gasteiger partial charge on any atom is -0.391 e. The van der Waals surface area contributed by atoms with Crippen molar-refractivity contribution in [1.29, 1.82) is 0 Å². The number of anilines is 1. The predicted molar refractivity (Wildman–Crippen MR) is 91.4 cm³/mol. The minimum atomic E-state index is -0.652. The molecule has 0 fully saturated rings. The lowest BCUT2D eigenvalue weighted by atomic mass is 10.1. The number of amides is 1. The highest BCUT2D eigenvalue weighted by atomic mass is 35.5. The van der Waals surface area contributed by atoms with Crippen LogP contribution in [0.15, 0.2) is 22.7 Å². The van der Waals surface area contributed by atoms with Gasteiger partial charge in [-0.15, -0.1) is 0 Å². The quantitative estimate of drug-likeness (QED) is 0.866. The van der Waals surface area contributed by atoms with E-state index in [9.17, 15) is 9.90 Å². The number of rotatable bonds is 4. The summed E-state index contributed by atoms with van der Waals surface area (Å²) >= 11 is 12.3. The Labute approximate surface area is 149 Å². The van der Waals surface area contributed by atoms with Crippen LogP contribution in [-0.2, 0) is 11.2 Å². The molecule has 0 spiro atoms. The first-order chi connectivity index (χ1) is 11.3. The number of fused-ring (bicyclic) bond motifs is 1. The van der Waals surface area contributed by atoms with Crippen molar-refractivity contribution in [2.24, 2.45) is 0 Å². The number of aliphatic hydroxyl groups excluding tert-OH is 1. The first kappa shape index (κ1) is 17.2. The van der Waals surface area contributed by atoms with Gasteiger partial charge in [-0.1, -0.05) is 28.4 Å². The summed E-state index contributed by atoms with van der Waals surface area (Å²) in [4.78, 5) is 13.9. The molecule has 24 heavy (non-hydrogen) atoms. The van der Waals surface area contributed by atoms with E-state index in [1.54, 1.807) is 37.1 Å². The molecule has 0 unspecified atom stereocenters. The summed E-state index contributed by atoms with van der Waals surface area (Å²) in [5.41, 5.74) is 2.41. The van der Waals surface area contributed by atoms with Gasteiger partial charge in [0.25, 0.3) is 0 Å². The Kier molecular flexibility index (Phi) is 4.83. The second-order valence-corrected chi connectivity index (χ2v) is 6.81. The van der Waals surface area contributed by atoms with E-state index in [1.165, 1.54) is 0 Å².